The van der Waals surface area contributed by atoms with E-state index in [1.165, 1.54) is 30.6 Å². The Morgan fingerprint density at radius 3 is 2.54 bits per heavy atom. The van der Waals surface area contributed by atoms with Crippen molar-refractivity contribution in [3.05, 3.63) is 53.8 Å². The highest BCUT2D eigenvalue weighted by Crippen LogP contribution is 2.56. The van der Waals surface area contributed by atoms with Crippen LogP contribution in [0.2, 0.25) is 5.02 Å². The first-order valence-electron chi connectivity index (χ1n) is 7.86. The van der Waals surface area contributed by atoms with Gasteiger partial charge in [-0.3, -0.25) is 9.59 Å². The Kier molecular flexibility index (Phi) is 6.55. The van der Waals surface area contributed by atoms with E-state index >= 15 is 0 Å². The van der Waals surface area contributed by atoms with E-state index in [0.717, 1.165) is 21.6 Å². The topological polar surface area (TPSA) is 60.4 Å². The fourth-order valence-corrected chi connectivity index (χ4v) is 7.01. The summed E-state index contributed by atoms with van der Waals surface area (Å²) < 4.78 is 6.18. The Bertz CT molecular complexity index is 827. The van der Waals surface area contributed by atoms with Crippen LogP contribution < -0.4 is 0 Å². The summed E-state index contributed by atoms with van der Waals surface area (Å²) >= 11 is 10.1. The van der Waals surface area contributed by atoms with E-state index < -0.39 is 5.97 Å². The van der Waals surface area contributed by atoms with Crippen molar-refractivity contribution in [1.82, 2.24) is 0 Å². The average Bonchev–Trinajstić information content (AvgIpc) is 3.04. The van der Waals surface area contributed by atoms with E-state index in [2.05, 4.69) is 0 Å². The van der Waals surface area contributed by atoms with Crippen LogP contribution in [0.4, 0.5) is 0 Å². The molecule has 1 saturated carbocycles. The standard InChI is InChI=1S/C18H15ClO4S3/c1-23-16(22)15-18(24-9-10-5-2-3-6-11(10)19)26-17(25-15)14-12(20)7-4-8-13(14)21/h2-3,5-6H,4,7-9H2,1H3. The van der Waals surface area contributed by atoms with Gasteiger partial charge in [-0.05, 0) is 18.1 Å². The maximum atomic E-state index is 12.2. The fourth-order valence-electron chi connectivity index (χ4n) is 2.50. The van der Waals surface area contributed by atoms with Gasteiger partial charge in [-0.25, -0.2) is 4.79 Å². The summed E-state index contributed by atoms with van der Waals surface area (Å²) in [7, 11) is 1.32. The summed E-state index contributed by atoms with van der Waals surface area (Å²) in [5.74, 6) is -0.167. The summed E-state index contributed by atoms with van der Waals surface area (Å²) in [6.45, 7) is 0. The molecule has 1 aliphatic heterocycles. The minimum atomic E-state index is -0.463. The smallest absolute Gasteiger partial charge is 0.346 e. The second-order valence-corrected chi connectivity index (χ2v) is 9.51. The van der Waals surface area contributed by atoms with Crippen LogP contribution in [0.5, 0.6) is 0 Å². The number of rotatable bonds is 4. The average molecular weight is 427 g/mol. The molecule has 4 nitrogen and oxygen atoms in total. The molecule has 3 rings (SSSR count). The molecule has 0 N–H and O–H groups in total. The molecule has 26 heavy (non-hydrogen) atoms. The molecule has 136 valence electrons. The summed E-state index contributed by atoms with van der Waals surface area (Å²) in [5.41, 5.74) is 1.19. The minimum absolute atomic E-state index is 0.141. The second-order valence-electron chi connectivity index (χ2n) is 5.55. The number of carbonyl (C=O) groups is 3. The highest BCUT2D eigenvalue weighted by atomic mass is 35.5. The van der Waals surface area contributed by atoms with E-state index in [0.29, 0.717) is 39.2 Å². The quantitative estimate of drug-likeness (QED) is 0.384. The molecule has 0 spiro atoms. The van der Waals surface area contributed by atoms with Gasteiger partial charge in [-0.1, -0.05) is 53.3 Å². The third-order valence-corrected chi connectivity index (χ3v) is 8.22. The zero-order valence-corrected chi connectivity index (χ0v) is 17.1. The number of benzene rings is 1. The predicted molar refractivity (Wildman–Crippen MR) is 108 cm³/mol. The molecule has 1 heterocycles. The van der Waals surface area contributed by atoms with E-state index in [1.54, 1.807) is 0 Å². The van der Waals surface area contributed by atoms with Crippen molar-refractivity contribution < 1.29 is 19.1 Å². The number of thioether (sulfide) groups is 3. The number of carbonyl (C=O) groups excluding carboxylic acids is 3. The number of hydrogen-bond donors (Lipinski definition) is 0. The molecule has 0 radical (unpaired) electrons. The Labute approximate surface area is 169 Å². The van der Waals surface area contributed by atoms with E-state index in [1.807, 2.05) is 24.3 Å². The van der Waals surface area contributed by atoms with Crippen LogP contribution in [0.1, 0.15) is 24.8 Å². The normalized spacial score (nSPS) is 17.9. The lowest BCUT2D eigenvalue weighted by molar-refractivity contribution is -0.135. The first-order chi connectivity index (χ1) is 12.5. The number of esters is 1. The summed E-state index contributed by atoms with van der Waals surface area (Å²) in [6.07, 6.45) is 1.35. The SMILES string of the molecule is COC(=O)C1=C(SCc2ccccc2Cl)SC(=C2C(=O)CCCC2=O)S1. The zero-order valence-electron chi connectivity index (χ0n) is 13.9. The van der Waals surface area contributed by atoms with Gasteiger partial charge >= 0.3 is 5.97 Å². The third kappa shape index (κ3) is 4.22. The van der Waals surface area contributed by atoms with Crippen molar-refractivity contribution >= 4 is 64.4 Å². The van der Waals surface area contributed by atoms with E-state index in [4.69, 9.17) is 16.3 Å². The first-order valence-corrected chi connectivity index (χ1v) is 10.9. The van der Waals surface area contributed by atoms with Gasteiger partial charge in [0, 0.05) is 23.6 Å². The van der Waals surface area contributed by atoms with Gasteiger partial charge in [0.1, 0.15) is 4.91 Å². The molecule has 2 aliphatic rings. The van der Waals surface area contributed by atoms with Crippen LogP contribution >= 0.6 is 46.9 Å². The number of ketones is 2. The molecule has 0 saturated heterocycles. The fraction of sp³-hybridized carbons (Fsp3) is 0.278. The molecule has 1 aromatic carbocycles. The highest BCUT2D eigenvalue weighted by Gasteiger charge is 2.35. The summed E-state index contributed by atoms with van der Waals surface area (Å²) in [4.78, 5) is 37.0. The highest BCUT2D eigenvalue weighted by molar-refractivity contribution is 8.36. The molecule has 0 atom stereocenters. The number of allylic oxidation sites excluding steroid dienone is 1. The lowest BCUT2D eigenvalue weighted by Crippen LogP contribution is -2.19. The van der Waals surface area contributed by atoms with E-state index in [-0.39, 0.29) is 17.1 Å². The molecular weight excluding hydrogens is 412 g/mol. The van der Waals surface area contributed by atoms with Gasteiger partial charge in [0.25, 0.3) is 0 Å². The van der Waals surface area contributed by atoms with Crippen molar-refractivity contribution in [3.63, 3.8) is 0 Å². The van der Waals surface area contributed by atoms with Crippen LogP contribution in [-0.4, -0.2) is 24.6 Å². The van der Waals surface area contributed by atoms with Gasteiger partial charge in [0.15, 0.2) is 11.6 Å². The molecule has 8 heteroatoms. The summed E-state index contributed by atoms with van der Waals surface area (Å²) in [5, 5.41) is 0.659. The molecule has 1 aromatic rings. The minimum Gasteiger partial charge on any atom is -0.465 e. The van der Waals surface area contributed by atoms with Crippen molar-refractivity contribution in [3.8, 4) is 0 Å². The van der Waals surface area contributed by atoms with Crippen molar-refractivity contribution in [2.24, 2.45) is 0 Å². The lowest BCUT2D eigenvalue weighted by Gasteiger charge is -2.13. The molecule has 1 fully saturated rings. The van der Waals surface area contributed by atoms with Crippen LogP contribution in [0.25, 0.3) is 0 Å². The van der Waals surface area contributed by atoms with E-state index in [9.17, 15) is 14.4 Å². The van der Waals surface area contributed by atoms with Crippen LogP contribution in [0.3, 0.4) is 0 Å². The maximum Gasteiger partial charge on any atom is 0.346 e. The number of methoxy groups -OCH3 is 1. The Hall–Kier alpha value is -1.15. The van der Waals surface area contributed by atoms with Gasteiger partial charge in [0.05, 0.1) is 21.2 Å². The Morgan fingerprint density at radius 1 is 1.19 bits per heavy atom. The van der Waals surface area contributed by atoms with Crippen LogP contribution in [0, 0.1) is 0 Å². The van der Waals surface area contributed by atoms with Gasteiger partial charge in [0.2, 0.25) is 0 Å². The van der Waals surface area contributed by atoms with Crippen molar-refractivity contribution in [2.75, 3.05) is 7.11 Å². The third-order valence-electron chi connectivity index (χ3n) is 3.82. The first kappa shape index (κ1) is 19.6. The van der Waals surface area contributed by atoms with Crippen molar-refractivity contribution in [1.29, 1.82) is 0 Å². The largest absolute Gasteiger partial charge is 0.465 e. The van der Waals surface area contributed by atoms with Gasteiger partial charge in [-0.15, -0.1) is 11.8 Å². The Morgan fingerprint density at radius 2 is 1.88 bits per heavy atom. The Balaban J connectivity index is 1.86. The van der Waals surface area contributed by atoms with Crippen molar-refractivity contribution in [2.45, 2.75) is 25.0 Å². The molecule has 0 bridgehead atoms. The number of Topliss-reactive ketones (excluding diaryl/α,β-unsaturated/α-hetero) is 2. The number of hydrogen-bond acceptors (Lipinski definition) is 7. The molecule has 0 amide bonds. The molecule has 0 unspecified atom stereocenters. The lowest BCUT2D eigenvalue weighted by atomic mass is 9.94. The zero-order chi connectivity index (χ0) is 18.7. The molecular formula is C18H15ClO4S3. The molecule has 1 aliphatic carbocycles. The van der Waals surface area contributed by atoms with Crippen LogP contribution in [-0.2, 0) is 24.9 Å². The number of ether oxygens (including phenoxy) is 1. The second kappa shape index (κ2) is 8.69. The predicted octanol–water partition coefficient (Wildman–Crippen LogP) is 4.93. The maximum absolute atomic E-state index is 12.2. The van der Waals surface area contributed by atoms with Gasteiger partial charge < -0.3 is 4.74 Å². The monoisotopic (exact) mass is 426 g/mol. The summed E-state index contributed by atoms with van der Waals surface area (Å²) in [6, 6.07) is 7.50. The van der Waals surface area contributed by atoms with Gasteiger partial charge in [-0.2, -0.15) is 0 Å². The van der Waals surface area contributed by atoms with Crippen LogP contribution in [0.15, 0.2) is 43.2 Å². The molecule has 0 aromatic heterocycles. The number of halogens is 1.